The van der Waals surface area contributed by atoms with E-state index in [4.69, 9.17) is 4.52 Å². The Morgan fingerprint density at radius 1 is 1.35 bits per heavy atom. The summed E-state index contributed by atoms with van der Waals surface area (Å²) in [5, 5.41) is 8.06. The maximum atomic E-state index is 13.3. The fraction of sp³-hybridized carbons (Fsp3) is 0.421. The number of nitrogens with one attached hydrogen (secondary N) is 1. The van der Waals surface area contributed by atoms with E-state index >= 15 is 0 Å². The quantitative estimate of drug-likeness (QED) is 0.766. The number of hydrogen-bond acceptors (Lipinski definition) is 6. The molecule has 1 N–H and O–H groups in total. The molecule has 4 heterocycles. The molecule has 1 amide bonds. The summed E-state index contributed by atoms with van der Waals surface area (Å²) in [5.74, 6) is -0.0109. The number of aromatic nitrogens is 2. The van der Waals surface area contributed by atoms with Gasteiger partial charge in [0, 0.05) is 35.0 Å². The molecule has 0 aliphatic carbocycles. The normalized spacial score (nSPS) is 17.2. The third-order valence-corrected chi connectivity index (χ3v) is 6.03. The SMILES string of the molecule is Cc1cc(-c2cc(C(=O)N(C)C3CCNC3)c3c(C)noc3n2)c(C)s1. The first-order valence-corrected chi connectivity index (χ1v) is 9.59. The Labute approximate surface area is 156 Å². The van der Waals surface area contributed by atoms with Crippen molar-refractivity contribution in [3.05, 3.63) is 33.1 Å². The average Bonchev–Trinajstić information content (AvgIpc) is 3.34. The van der Waals surface area contributed by atoms with E-state index in [-0.39, 0.29) is 11.9 Å². The molecule has 3 aromatic heterocycles. The number of rotatable bonds is 3. The van der Waals surface area contributed by atoms with Gasteiger partial charge in [-0.1, -0.05) is 5.16 Å². The number of fused-ring (bicyclic) bond motifs is 1. The van der Waals surface area contributed by atoms with Crippen LogP contribution >= 0.6 is 11.3 Å². The van der Waals surface area contributed by atoms with Crippen LogP contribution in [0.25, 0.3) is 22.4 Å². The molecule has 0 saturated carbocycles. The molecule has 1 atom stereocenters. The van der Waals surface area contributed by atoms with Gasteiger partial charge in [-0.05, 0) is 45.9 Å². The lowest BCUT2D eigenvalue weighted by atomic mass is 10.0. The molecule has 7 heteroatoms. The minimum Gasteiger partial charge on any atom is -0.337 e. The molecule has 1 aliphatic rings. The second-order valence-corrected chi connectivity index (χ2v) is 8.35. The minimum absolute atomic E-state index is 0.0109. The van der Waals surface area contributed by atoms with Crippen molar-refractivity contribution >= 4 is 28.3 Å². The Morgan fingerprint density at radius 3 is 2.81 bits per heavy atom. The zero-order valence-electron chi connectivity index (χ0n) is 15.4. The lowest BCUT2D eigenvalue weighted by molar-refractivity contribution is 0.0745. The standard InChI is InChI=1S/C19H22N4O2S/c1-10-7-14(12(3)26-10)16-8-15(17-11(2)22-25-18(17)21-16)19(24)23(4)13-5-6-20-9-13/h7-8,13,20H,5-6,9H2,1-4H3. The number of thiophene rings is 1. The highest BCUT2D eigenvalue weighted by molar-refractivity contribution is 7.12. The summed E-state index contributed by atoms with van der Waals surface area (Å²) < 4.78 is 5.41. The molecule has 1 aliphatic heterocycles. The van der Waals surface area contributed by atoms with Crippen LogP contribution in [0.5, 0.6) is 0 Å². The molecular weight excluding hydrogens is 348 g/mol. The van der Waals surface area contributed by atoms with Crippen LogP contribution < -0.4 is 5.32 Å². The monoisotopic (exact) mass is 370 g/mol. The van der Waals surface area contributed by atoms with E-state index in [9.17, 15) is 4.79 Å². The molecule has 1 saturated heterocycles. The number of hydrogen-bond donors (Lipinski definition) is 1. The van der Waals surface area contributed by atoms with E-state index in [1.165, 1.54) is 9.75 Å². The van der Waals surface area contributed by atoms with Crippen LogP contribution in [-0.4, -0.2) is 47.1 Å². The van der Waals surface area contributed by atoms with Crippen LogP contribution in [0.1, 0.15) is 32.2 Å². The van der Waals surface area contributed by atoms with Crippen LogP contribution in [0.3, 0.4) is 0 Å². The van der Waals surface area contributed by atoms with Crippen molar-refractivity contribution in [1.29, 1.82) is 0 Å². The van der Waals surface area contributed by atoms with Gasteiger partial charge in [-0.25, -0.2) is 4.98 Å². The molecule has 1 unspecified atom stereocenters. The van der Waals surface area contributed by atoms with Crippen molar-refractivity contribution in [2.24, 2.45) is 0 Å². The summed E-state index contributed by atoms with van der Waals surface area (Å²) in [5.41, 5.74) is 3.53. The van der Waals surface area contributed by atoms with Crippen molar-refractivity contribution < 1.29 is 9.32 Å². The number of likely N-dealkylation sites (N-methyl/N-ethyl adjacent to an activating group) is 1. The van der Waals surface area contributed by atoms with Gasteiger partial charge in [-0.3, -0.25) is 4.79 Å². The second-order valence-electron chi connectivity index (χ2n) is 6.89. The molecule has 136 valence electrons. The van der Waals surface area contributed by atoms with Crippen molar-refractivity contribution in [2.45, 2.75) is 33.2 Å². The molecule has 1 fully saturated rings. The molecule has 3 aromatic rings. The number of aryl methyl sites for hydroxylation is 3. The highest BCUT2D eigenvalue weighted by atomic mass is 32.1. The Bertz CT molecular complexity index is 985. The van der Waals surface area contributed by atoms with Gasteiger partial charge in [0.2, 0.25) is 0 Å². The molecule has 0 aromatic carbocycles. The summed E-state index contributed by atoms with van der Waals surface area (Å²) in [6.45, 7) is 7.77. The van der Waals surface area contributed by atoms with E-state index < -0.39 is 0 Å². The predicted molar refractivity (Wildman–Crippen MR) is 103 cm³/mol. The maximum Gasteiger partial charge on any atom is 0.259 e. The third-order valence-electron chi connectivity index (χ3n) is 5.07. The number of pyridine rings is 1. The van der Waals surface area contributed by atoms with E-state index in [0.29, 0.717) is 22.4 Å². The van der Waals surface area contributed by atoms with Gasteiger partial charge < -0.3 is 14.7 Å². The van der Waals surface area contributed by atoms with E-state index in [2.05, 4.69) is 35.4 Å². The summed E-state index contributed by atoms with van der Waals surface area (Å²) >= 11 is 1.73. The first-order chi connectivity index (χ1) is 12.5. The lowest BCUT2D eigenvalue weighted by Gasteiger charge is -2.24. The van der Waals surface area contributed by atoms with Crippen LogP contribution in [0.4, 0.5) is 0 Å². The van der Waals surface area contributed by atoms with Crippen molar-refractivity contribution in [3.63, 3.8) is 0 Å². The molecular formula is C19H22N4O2S. The van der Waals surface area contributed by atoms with E-state index in [0.717, 1.165) is 30.8 Å². The van der Waals surface area contributed by atoms with Crippen molar-refractivity contribution in [1.82, 2.24) is 20.4 Å². The topological polar surface area (TPSA) is 71.3 Å². The number of nitrogens with zero attached hydrogens (tertiary/aromatic N) is 3. The largest absolute Gasteiger partial charge is 0.337 e. The van der Waals surface area contributed by atoms with Gasteiger partial charge in [0.1, 0.15) is 0 Å². The summed E-state index contributed by atoms with van der Waals surface area (Å²) in [7, 11) is 1.87. The summed E-state index contributed by atoms with van der Waals surface area (Å²) in [6, 6.07) is 4.21. The minimum atomic E-state index is -0.0109. The molecule has 0 spiro atoms. The van der Waals surface area contributed by atoms with Crippen LogP contribution in [0.2, 0.25) is 0 Å². The van der Waals surface area contributed by atoms with E-state index in [1.807, 2.05) is 24.9 Å². The maximum absolute atomic E-state index is 13.3. The molecule has 4 rings (SSSR count). The van der Waals surface area contributed by atoms with Gasteiger partial charge in [0.15, 0.2) is 0 Å². The Balaban J connectivity index is 1.85. The summed E-state index contributed by atoms with van der Waals surface area (Å²) in [6.07, 6.45) is 0.967. The van der Waals surface area contributed by atoms with Gasteiger partial charge in [-0.15, -0.1) is 11.3 Å². The Morgan fingerprint density at radius 2 is 2.15 bits per heavy atom. The van der Waals surface area contributed by atoms with Crippen molar-refractivity contribution in [2.75, 3.05) is 20.1 Å². The first-order valence-electron chi connectivity index (χ1n) is 8.78. The second kappa shape index (κ2) is 6.48. The highest BCUT2D eigenvalue weighted by Gasteiger charge is 2.27. The predicted octanol–water partition coefficient (Wildman–Crippen LogP) is 3.31. The average molecular weight is 370 g/mol. The molecule has 0 radical (unpaired) electrons. The fourth-order valence-corrected chi connectivity index (χ4v) is 4.55. The van der Waals surface area contributed by atoms with Crippen LogP contribution in [-0.2, 0) is 0 Å². The third kappa shape index (κ3) is 2.81. The smallest absolute Gasteiger partial charge is 0.259 e. The number of carbonyl (C=O) groups excluding carboxylic acids is 1. The fourth-order valence-electron chi connectivity index (χ4n) is 3.61. The highest BCUT2D eigenvalue weighted by Crippen LogP contribution is 2.33. The molecule has 0 bridgehead atoms. The lowest BCUT2D eigenvalue weighted by Crippen LogP contribution is -2.38. The molecule has 26 heavy (non-hydrogen) atoms. The van der Waals surface area contributed by atoms with Gasteiger partial charge >= 0.3 is 0 Å². The summed E-state index contributed by atoms with van der Waals surface area (Å²) in [4.78, 5) is 22.1. The zero-order chi connectivity index (χ0) is 18.4. The first kappa shape index (κ1) is 17.2. The zero-order valence-corrected chi connectivity index (χ0v) is 16.2. The number of carbonyl (C=O) groups is 1. The van der Waals surface area contributed by atoms with E-state index in [1.54, 1.807) is 11.3 Å². The van der Waals surface area contributed by atoms with Gasteiger partial charge in [-0.2, -0.15) is 0 Å². The van der Waals surface area contributed by atoms with Gasteiger partial charge in [0.05, 0.1) is 22.3 Å². The molecule has 6 nitrogen and oxygen atoms in total. The van der Waals surface area contributed by atoms with Gasteiger partial charge in [0.25, 0.3) is 11.6 Å². The van der Waals surface area contributed by atoms with Crippen LogP contribution in [0.15, 0.2) is 16.7 Å². The van der Waals surface area contributed by atoms with Crippen LogP contribution in [0, 0.1) is 20.8 Å². The Hall–Kier alpha value is -2.25. The van der Waals surface area contributed by atoms with Crippen molar-refractivity contribution in [3.8, 4) is 11.3 Å². The number of amides is 1. The Kier molecular flexibility index (Phi) is 4.28.